The van der Waals surface area contributed by atoms with E-state index in [0.29, 0.717) is 17.2 Å². The molecule has 0 bridgehead atoms. The lowest BCUT2D eigenvalue weighted by atomic mass is 9.92. The summed E-state index contributed by atoms with van der Waals surface area (Å²) in [5.74, 6) is 1.07. The van der Waals surface area contributed by atoms with Crippen molar-refractivity contribution >= 4 is 18.3 Å². The summed E-state index contributed by atoms with van der Waals surface area (Å²) in [7, 11) is 1.58. The normalized spacial score (nSPS) is 19.6. The molecule has 1 aliphatic heterocycles. The predicted octanol–water partition coefficient (Wildman–Crippen LogP) is 2.23. The third kappa shape index (κ3) is 4.12. The molecular formula is C15H23ClN2O2. The Morgan fingerprint density at radius 2 is 2.20 bits per heavy atom. The summed E-state index contributed by atoms with van der Waals surface area (Å²) in [4.78, 5) is 12.3. The maximum absolute atomic E-state index is 12.3. The molecule has 0 aromatic heterocycles. The van der Waals surface area contributed by atoms with Gasteiger partial charge in [0, 0.05) is 6.04 Å². The summed E-state index contributed by atoms with van der Waals surface area (Å²) < 4.78 is 5.22. The van der Waals surface area contributed by atoms with Gasteiger partial charge >= 0.3 is 0 Å². The maximum Gasteiger partial charge on any atom is 0.255 e. The molecule has 2 rings (SSSR count). The Kier molecular flexibility index (Phi) is 6.82. The second kappa shape index (κ2) is 8.12. The first-order chi connectivity index (χ1) is 9.22. The van der Waals surface area contributed by atoms with E-state index in [4.69, 9.17) is 4.74 Å². The van der Waals surface area contributed by atoms with Crippen molar-refractivity contribution in [1.82, 2.24) is 10.6 Å². The minimum atomic E-state index is -0.0597. The van der Waals surface area contributed by atoms with Gasteiger partial charge in [0.2, 0.25) is 0 Å². The van der Waals surface area contributed by atoms with Gasteiger partial charge in [0.1, 0.15) is 5.75 Å². The number of carbonyl (C=O) groups is 1. The van der Waals surface area contributed by atoms with Gasteiger partial charge in [-0.2, -0.15) is 0 Å². The van der Waals surface area contributed by atoms with Gasteiger partial charge in [-0.1, -0.05) is 12.1 Å². The van der Waals surface area contributed by atoms with Gasteiger partial charge in [0.15, 0.2) is 0 Å². The Morgan fingerprint density at radius 3 is 2.85 bits per heavy atom. The van der Waals surface area contributed by atoms with Crippen molar-refractivity contribution < 1.29 is 9.53 Å². The number of para-hydroxylation sites is 1. The maximum atomic E-state index is 12.3. The van der Waals surface area contributed by atoms with Crippen molar-refractivity contribution in [3.05, 3.63) is 29.8 Å². The van der Waals surface area contributed by atoms with Crippen LogP contribution >= 0.6 is 12.4 Å². The Balaban J connectivity index is 0.00000200. The predicted molar refractivity (Wildman–Crippen MR) is 82.8 cm³/mol. The Labute approximate surface area is 126 Å². The largest absolute Gasteiger partial charge is 0.496 e. The smallest absolute Gasteiger partial charge is 0.255 e. The molecule has 1 amide bonds. The molecule has 0 saturated carbocycles. The van der Waals surface area contributed by atoms with Crippen LogP contribution in [-0.2, 0) is 0 Å². The number of amides is 1. The lowest BCUT2D eigenvalue weighted by Crippen LogP contribution is -2.44. The summed E-state index contributed by atoms with van der Waals surface area (Å²) >= 11 is 0. The fraction of sp³-hybridized carbons (Fsp3) is 0.533. The molecule has 1 aromatic rings. The number of rotatable bonds is 4. The van der Waals surface area contributed by atoms with Gasteiger partial charge in [0.25, 0.3) is 5.91 Å². The molecule has 1 saturated heterocycles. The van der Waals surface area contributed by atoms with Crippen LogP contribution < -0.4 is 15.4 Å². The highest BCUT2D eigenvalue weighted by atomic mass is 35.5. The number of benzene rings is 1. The summed E-state index contributed by atoms with van der Waals surface area (Å²) in [6, 6.07) is 7.49. The number of nitrogens with one attached hydrogen (secondary N) is 2. The van der Waals surface area contributed by atoms with Gasteiger partial charge in [-0.25, -0.2) is 0 Å². The summed E-state index contributed by atoms with van der Waals surface area (Å²) in [5, 5.41) is 6.46. The van der Waals surface area contributed by atoms with Gasteiger partial charge in [0.05, 0.1) is 12.7 Å². The van der Waals surface area contributed by atoms with E-state index in [2.05, 4.69) is 17.6 Å². The van der Waals surface area contributed by atoms with Gasteiger partial charge < -0.3 is 15.4 Å². The zero-order chi connectivity index (χ0) is 13.7. The molecule has 2 atom stereocenters. The summed E-state index contributed by atoms with van der Waals surface area (Å²) in [5.41, 5.74) is 0.598. The molecule has 4 nitrogen and oxygen atoms in total. The van der Waals surface area contributed by atoms with Crippen LogP contribution in [-0.4, -0.2) is 32.1 Å². The number of hydrogen-bond acceptors (Lipinski definition) is 3. The number of carbonyl (C=O) groups excluding carboxylic acids is 1. The number of piperidine rings is 1. The molecule has 0 radical (unpaired) electrons. The molecule has 0 aliphatic carbocycles. The zero-order valence-corrected chi connectivity index (χ0v) is 12.8. The van der Waals surface area contributed by atoms with E-state index >= 15 is 0 Å². The van der Waals surface area contributed by atoms with Gasteiger partial charge in [-0.15, -0.1) is 12.4 Å². The van der Waals surface area contributed by atoms with Crippen LogP contribution in [0.2, 0.25) is 0 Å². The first-order valence-corrected chi connectivity index (χ1v) is 6.87. The van der Waals surface area contributed by atoms with Crippen molar-refractivity contribution in [2.45, 2.75) is 25.8 Å². The van der Waals surface area contributed by atoms with Crippen molar-refractivity contribution in [3.63, 3.8) is 0 Å². The first-order valence-electron chi connectivity index (χ1n) is 6.87. The number of methoxy groups -OCH3 is 1. The van der Waals surface area contributed by atoms with E-state index in [0.717, 1.165) is 13.1 Å². The third-order valence-electron chi connectivity index (χ3n) is 3.75. The minimum Gasteiger partial charge on any atom is -0.496 e. The average Bonchev–Trinajstić information content (AvgIpc) is 2.48. The Morgan fingerprint density at radius 1 is 1.45 bits per heavy atom. The van der Waals surface area contributed by atoms with E-state index < -0.39 is 0 Å². The monoisotopic (exact) mass is 298 g/mol. The van der Waals surface area contributed by atoms with Crippen molar-refractivity contribution in [2.75, 3.05) is 20.2 Å². The van der Waals surface area contributed by atoms with Crippen molar-refractivity contribution in [1.29, 1.82) is 0 Å². The quantitative estimate of drug-likeness (QED) is 0.896. The molecule has 5 heteroatoms. The minimum absolute atomic E-state index is 0. The summed E-state index contributed by atoms with van der Waals surface area (Å²) in [6.07, 6.45) is 2.35. The molecule has 0 spiro atoms. The lowest BCUT2D eigenvalue weighted by molar-refractivity contribution is 0.0919. The van der Waals surface area contributed by atoms with Crippen molar-refractivity contribution in [2.24, 2.45) is 5.92 Å². The molecular weight excluding hydrogens is 276 g/mol. The highest BCUT2D eigenvalue weighted by molar-refractivity contribution is 5.97. The van der Waals surface area contributed by atoms with Gasteiger partial charge in [-0.3, -0.25) is 4.79 Å². The molecule has 2 unspecified atom stereocenters. The lowest BCUT2D eigenvalue weighted by Gasteiger charge is -2.29. The molecule has 112 valence electrons. The van der Waals surface area contributed by atoms with E-state index in [-0.39, 0.29) is 24.4 Å². The molecule has 1 aliphatic rings. The standard InChI is InChI=1S/C15H22N2O2.ClH/c1-11(12-6-5-9-16-10-12)17-15(18)13-7-3-4-8-14(13)19-2;/h3-4,7-8,11-12,16H,5-6,9-10H2,1-2H3,(H,17,18);1H. The Hall–Kier alpha value is -1.26. The van der Waals surface area contributed by atoms with Crippen LogP contribution in [0, 0.1) is 5.92 Å². The second-order valence-corrected chi connectivity index (χ2v) is 5.07. The molecule has 20 heavy (non-hydrogen) atoms. The van der Waals surface area contributed by atoms with Crippen LogP contribution in [0.25, 0.3) is 0 Å². The number of hydrogen-bond donors (Lipinski definition) is 2. The molecule has 1 aromatic carbocycles. The third-order valence-corrected chi connectivity index (χ3v) is 3.75. The Bertz CT molecular complexity index is 434. The van der Waals surface area contributed by atoms with E-state index in [1.54, 1.807) is 13.2 Å². The fourth-order valence-corrected chi connectivity index (χ4v) is 2.54. The van der Waals surface area contributed by atoms with Gasteiger partial charge in [-0.05, 0) is 50.9 Å². The highest BCUT2D eigenvalue weighted by Gasteiger charge is 2.22. The topological polar surface area (TPSA) is 50.4 Å². The summed E-state index contributed by atoms with van der Waals surface area (Å²) in [6.45, 7) is 4.14. The van der Waals surface area contributed by atoms with Crippen LogP contribution in [0.3, 0.4) is 0 Å². The molecule has 1 heterocycles. The number of halogens is 1. The first kappa shape index (κ1) is 16.8. The van der Waals surface area contributed by atoms with E-state index in [9.17, 15) is 4.79 Å². The highest BCUT2D eigenvalue weighted by Crippen LogP contribution is 2.19. The number of ether oxygens (including phenoxy) is 1. The van der Waals surface area contributed by atoms with E-state index in [1.807, 2.05) is 18.2 Å². The molecule has 1 fully saturated rings. The van der Waals surface area contributed by atoms with Crippen LogP contribution in [0.15, 0.2) is 24.3 Å². The second-order valence-electron chi connectivity index (χ2n) is 5.07. The van der Waals surface area contributed by atoms with Crippen LogP contribution in [0.5, 0.6) is 5.75 Å². The SMILES string of the molecule is COc1ccccc1C(=O)NC(C)C1CCCNC1.Cl. The van der Waals surface area contributed by atoms with Crippen molar-refractivity contribution in [3.8, 4) is 5.75 Å². The molecule has 2 N–H and O–H groups in total. The van der Waals surface area contributed by atoms with E-state index in [1.165, 1.54) is 12.8 Å². The van der Waals surface area contributed by atoms with Crippen LogP contribution in [0.1, 0.15) is 30.1 Å². The average molecular weight is 299 g/mol. The fourth-order valence-electron chi connectivity index (χ4n) is 2.54. The van der Waals surface area contributed by atoms with Crippen LogP contribution in [0.4, 0.5) is 0 Å². The zero-order valence-electron chi connectivity index (χ0n) is 12.0.